The van der Waals surface area contributed by atoms with Gasteiger partial charge in [-0.2, -0.15) is 0 Å². The van der Waals surface area contributed by atoms with Crippen LogP contribution in [0.1, 0.15) is 98.0 Å². The van der Waals surface area contributed by atoms with Crippen molar-refractivity contribution in [1.82, 2.24) is 10.2 Å². The fraction of sp³-hybridized carbons (Fsp3) is 0.769. The zero-order chi connectivity index (χ0) is 21.0. The van der Waals surface area contributed by atoms with Crippen LogP contribution < -0.4 is 5.32 Å². The van der Waals surface area contributed by atoms with Gasteiger partial charge in [0.15, 0.2) is 0 Å². The monoisotopic (exact) mass is 390 g/mol. The van der Waals surface area contributed by atoms with Gasteiger partial charge in [-0.05, 0) is 69.3 Å². The van der Waals surface area contributed by atoms with Crippen LogP contribution in [-0.4, -0.2) is 37.6 Å². The SMILES string of the molecule is CC.CCC.CCCC.c1ccc(C2CCN(CC3CCNCC3)CC2)cc1. The molecule has 1 N–H and O–H groups in total. The standard InChI is InChI=1S/C17H26N2.C4H10.C3H8.C2H6/c1-2-4-16(5-3-1)17-8-12-19(13-9-17)14-15-6-10-18-11-7-15;1-3-4-2;1-3-2;1-2/h1-5,15,17-18H,6-14H2;3-4H2,1-2H3;3H2,1-2H3;1-2H3. The first-order valence-corrected chi connectivity index (χ1v) is 12.2. The Bertz CT molecular complexity index is 402. The number of hydrogen-bond acceptors (Lipinski definition) is 2. The smallest absolute Gasteiger partial charge is 0.00106 e. The number of benzene rings is 1. The second kappa shape index (κ2) is 19.5. The van der Waals surface area contributed by atoms with Gasteiger partial charge in [-0.15, -0.1) is 0 Å². The average Bonchev–Trinajstić information content (AvgIpc) is 2.78. The Hall–Kier alpha value is -0.860. The van der Waals surface area contributed by atoms with E-state index in [4.69, 9.17) is 0 Å². The predicted molar refractivity (Wildman–Crippen MR) is 128 cm³/mol. The highest BCUT2D eigenvalue weighted by Gasteiger charge is 2.23. The molecule has 0 radical (unpaired) electrons. The summed E-state index contributed by atoms with van der Waals surface area (Å²) in [6.45, 7) is 19.0. The lowest BCUT2D eigenvalue weighted by molar-refractivity contribution is 0.167. The van der Waals surface area contributed by atoms with Crippen molar-refractivity contribution in [2.45, 2.75) is 92.4 Å². The molecule has 0 saturated carbocycles. The van der Waals surface area contributed by atoms with E-state index in [1.807, 2.05) is 13.8 Å². The van der Waals surface area contributed by atoms with Crippen LogP contribution in [0, 0.1) is 5.92 Å². The first-order chi connectivity index (χ1) is 13.7. The van der Waals surface area contributed by atoms with E-state index in [9.17, 15) is 0 Å². The van der Waals surface area contributed by atoms with E-state index in [2.05, 4.69) is 68.2 Å². The van der Waals surface area contributed by atoms with Crippen LogP contribution >= 0.6 is 0 Å². The molecule has 0 aromatic heterocycles. The number of unbranched alkanes of at least 4 members (excludes halogenated alkanes) is 1. The molecule has 2 saturated heterocycles. The Morgan fingerprint density at radius 3 is 1.79 bits per heavy atom. The highest BCUT2D eigenvalue weighted by molar-refractivity contribution is 5.20. The Kier molecular flexibility index (Phi) is 18.9. The second-order valence-corrected chi connectivity index (χ2v) is 7.89. The average molecular weight is 391 g/mol. The highest BCUT2D eigenvalue weighted by atomic mass is 15.1. The maximum absolute atomic E-state index is 3.46. The van der Waals surface area contributed by atoms with Crippen molar-refractivity contribution in [3.63, 3.8) is 0 Å². The molecule has 0 aliphatic carbocycles. The van der Waals surface area contributed by atoms with E-state index in [1.54, 1.807) is 5.56 Å². The van der Waals surface area contributed by atoms with Crippen LogP contribution in [0.5, 0.6) is 0 Å². The van der Waals surface area contributed by atoms with Gasteiger partial charge in [0.1, 0.15) is 0 Å². The zero-order valence-electron chi connectivity index (χ0n) is 20.0. The van der Waals surface area contributed by atoms with Crippen LogP contribution in [0.4, 0.5) is 0 Å². The van der Waals surface area contributed by atoms with E-state index in [1.165, 1.54) is 77.7 Å². The van der Waals surface area contributed by atoms with Gasteiger partial charge in [0.2, 0.25) is 0 Å². The number of rotatable bonds is 4. The Labute approximate surface area is 177 Å². The third-order valence-electron chi connectivity index (χ3n) is 5.33. The van der Waals surface area contributed by atoms with Crippen molar-refractivity contribution in [1.29, 1.82) is 0 Å². The van der Waals surface area contributed by atoms with Crippen molar-refractivity contribution in [3.8, 4) is 0 Å². The number of hydrogen-bond donors (Lipinski definition) is 1. The van der Waals surface area contributed by atoms with Crippen LogP contribution in [0.25, 0.3) is 0 Å². The van der Waals surface area contributed by atoms with Gasteiger partial charge in [-0.25, -0.2) is 0 Å². The lowest BCUT2D eigenvalue weighted by Gasteiger charge is -2.35. The zero-order valence-corrected chi connectivity index (χ0v) is 20.0. The first-order valence-electron chi connectivity index (χ1n) is 12.2. The molecule has 2 fully saturated rings. The summed E-state index contributed by atoms with van der Waals surface area (Å²) in [4.78, 5) is 2.70. The van der Waals surface area contributed by atoms with Crippen LogP contribution in [0.2, 0.25) is 0 Å². The van der Waals surface area contributed by atoms with Crippen molar-refractivity contribution in [2.24, 2.45) is 5.92 Å². The molecular formula is C26H50N2. The molecule has 0 spiro atoms. The molecule has 3 rings (SSSR count). The Balaban J connectivity index is 0.000000696. The van der Waals surface area contributed by atoms with Crippen LogP contribution in [0.3, 0.4) is 0 Å². The van der Waals surface area contributed by atoms with Crippen molar-refractivity contribution in [2.75, 3.05) is 32.7 Å². The Morgan fingerprint density at radius 2 is 1.32 bits per heavy atom. The van der Waals surface area contributed by atoms with E-state index in [-0.39, 0.29) is 0 Å². The van der Waals surface area contributed by atoms with Crippen molar-refractivity contribution >= 4 is 0 Å². The molecule has 1 aromatic rings. The third-order valence-corrected chi connectivity index (χ3v) is 5.33. The normalized spacial score (nSPS) is 17.9. The van der Waals surface area contributed by atoms with Gasteiger partial charge in [0.25, 0.3) is 0 Å². The second-order valence-electron chi connectivity index (χ2n) is 7.89. The summed E-state index contributed by atoms with van der Waals surface area (Å²) in [7, 11) is 0. The molecule has 28 heavy (non-hydrogen) atoms. The molecule has 164 valence electrons. The summed E-state index contributed by atoms with van der Waals surface area (Å²) >= 11 is 0. The van der Waals surface area contributed by atoms with Crippen LogP contribution in [0.15, 0.2) is 30.3 Å². The molecule has 1 aromatic carbocycles. The van der Waals surface area contributed by atoms with Gasteiger partial charge in [-0.3, -0.25) is 0 Å². The van der Waals surface area contributed by atoms with Gasteiger partial charge >= 0.3 is 0 Å². The van der Waals surface area contributed by atoms with Gasteiger partial charge in [0.05, 0.1) is 0 Å². The number of nitrogens with zero attached hydrogens (tertiary/aromatic N) is 1. The van der Waals surface area contributed by atoms with E-state index in [0.717, 1.165) is 11.8 Å². The van der Waals surface area contributed by atoms with Gasteiger partial charge in [-0.1, -0.05) is 91.1 Å². The van der Waals surface area contributed by atoms with Crippen molar-refractivity contribution < 1.29 is 0 Å². The molecule has 0 unspecified atom stereocenters. The summed E-state index contributed by atoms with van der Waals surface area (Å²) < 4.78 is 0. The minimum Gasteiger partial charge on any atom is -0.317 e. The number of piperidine rings is 2. The number of nitrogens with one attached hydrogen (secondary N) is 1. The first kappa shape index (κ1) is 27.1. The molecule has 0 bridgehead atoms. The lowest BCUT2D eigenvalue weighted by atomic mass is 9.88. The molecule has 2 heteroatoms. The fourth-order valence-corrected chi connectivity index (χ4v) is 3.60. The largest absolute Gasteiger partial charge is 0.317 e. The number of likely N-dealkylation sites (tertiary alicyclic amines) is 1. The molecule has 2 aliphatic rings. The summed E-state index contributed by atoms with van der Waals surface area (Å²) in [5.74, 6) is 1.74. The van der Waals surface area contributed by atoms with E-state index < -0.39 is 0 Å². The summed E-state index contributed by atoms with van der Waals surface area (Å²) in [6, 6.07) is 11.1. The quantitative estimate of drug-likeness (QED) is 0.589. The minimum atomic E-state index is 0.797. The third kappa shape index (κ3) is 12.6. The van der Waals surface area contributed by atoms with Gasteiger partial charge in [0, 0.05) is 6.54 Å². The van der Waals surface area contributed by atoms with Crippen LogP contribution in [-0.2, 0) is 0 Å². The topological polar surface area (TPSA) is 15.3 Å². The predicted octanol–water partition coefficient (Wildman–Crippen LogP) is 7.11. The van der Waals surface area contributed by atoms with E-state index >= 15 is 0 Å². The molecule has 2 nitrogen and oxygen atoms in total. The fourth-order valence-electron chi connectivity index (χ4n) is 3.60. The maximum Gasteiger partial charge on any atom is 0.00106 e. The van der Waals surface area contributed by atoms with Gasteiger partial charge < -0.3 is 10.2 Å². The maximum atomic E-state index is 3.46. The summed E-state index contributed by atoms with van der Waals surface area (Å²) in [5, 5.41) is 3.46. The van der Waals surface area contributed by atoms with E-state index in [0.29, 0.717) is 0 Å². The lowest BCUT2D eigenvalue weighted by Crippen LogP contribution is -2.39. The summed E-state index contributed by atoms with van der Waals surface area (Å²) in [5.41, 5.74) is 1.55. The Morgan fingerprint density at radius 1 is 0.821 bits per heavy atom. The molecule has 0 amide bonds. The highest BCUT2D eigenvalue weighted by Crippen LogP contribution is 2.28. The molecular weight excluding hydrogens is 340 g/mol. The molecule has 2 aliphatic heterocycles. The minimum absolute atomic E-state index is 0.797. The van der Waals surface area contributed by atoms with Crippen molar-refractivity contribution in [3.05, 3.63) is 35.9 Å². The summed E-state index contributed by atoms with van der Waals surface area (Å²) in [6.07, 6.45) is 9.32. The molecule has 2 heterocycles. The molecule has 0 atom stereocenters.